The average Bonchev–Trinajstić information content (AvgIpc) is 1.57. The number of nitrogens with zero attached hydrogens (tertiary/aromatic N) is 18. The molecule has 0 aliphatic heterocycles. The van der Waals surface area contributed by atoms with Gasteiger partial charge in [-0.15, -0.1) is 0 Å². The third kappa shape index (κ3) is 15.4. The van der Waals surface area contributed by atoms with Gasteiger partial charge in [-0.05, 0) is 120 Å². The van der Waals surface area contributed by atoms with Gasteiger partial charge in [-0.2, -0.15) is 5.26 Å². The summed E-state index contributed by atoms with van der Waals surface area (Å²) in [6.45, 7) is 0. The first-order valence-corrected chi connectivity index (χ1v) is 44.6. The van der Waals surface area contributed by atoms with E-state index in [4.69, 9.17) is 74.8 Å². The summed E-state index contributed by atoms with van der Waals surface area (Å²) in [5, 5.41) is 14.2. The number of fused-ring (bicyclic) bond motifs is 6. The van der Waals surface area contributed by atoms with Crippen LogP contribution in [0.2, 0.25) is 0 Å². The van der Waals surface area contributed by atoms with Gasteiger partial charge in [0.05, 0.1) is 45.1 Å². The van der Waals surface area contributed by atoms with E-state index in [9.17, 15) is 5.26 Å². The Balaban J connectivity index is 0.800. The van der Waals surface area contributed by atoms with Gasteiger partial charge in [0.2, 0.25) is 0 Å². The summed E-state index contributed by atoms with van der Waals surface area (Å²) in [7, 11) is 0. The lowest BCUT2D eigenvalue weighted by molar-refractivity contribution is 1.07. The van der Waals surface area contributed by atoms with Crippen LogP contribution in [-0.4, -0.2) is 83.9 Å². The number of benzene rings is 17. The van der Waals surface area contributed by atoms with Crippen molar-refractivity contribution in [3.8, 4) is 211 Å². The van der Waals surface area contributed by atoms with Crippen molar-refractivity contribution in [3.05, 3.63) is 442 Å². The molecule has 0 radical (unpaired) electrons. The lowest BCUT2D eigenvalue weighted by Gasteiger charge is -2.21. The van der Waals surface area contributed by atoms with Crippen LogP contribution in [0, 0.1) is 11.3 Å². The van der Waals surface area contributed by atoms with Crippen LogP contribution in [0.15, 0.2) is 437 Å². The van der Waals surface area contributed by atoms with E-state index in [1.54, 1.807) is 0 Å². The first kappa shape index (κ1) is 80.2. The monoisotopic (exact) mass is 1740 g/mol. The van der Waals surface area contributed by atoms with E-state index in [0.717, 1.165) is 155 Å². The van der Waals surface area contributed by atoms with Crippen molar-refractivity contribution in [2.24, 2.45) is 0 Å². The Morgan fingerprint density at radius 1 is 0.147 bits per heavy atom. The van der Waals surface area contributed by atoms with Crippen LogP contribution in [0.3, 0.4) is 0 Å². The number of aromatic nitrogens is 17. The zero-order valence-corrected chi connectivity index (χ0v) is 72.6. The fourth-order valence-electron chi connectivity index (χ4n) is 17.8. The van der Waals surface area contributed by atoms with Crippen molar-refractivity contribution in [2.45, 2.75) is 0 Å². The van der Waals surface area contributed by atoms with E-state index in [0.29, 0.717) is 98.5 Å². The van der Waals surface area contributed by atoms with E-state index in [1.807, 2.05) is 322 Å². The molecule has 0 atom stereocenters. The topological polar surface area (TPSA) is 227 Å². The highest BCUT2D eigenvalue weighted by Crippen LogP contribution is 2.47. The molecule has 0 N–H and O–H groups in total. The molecule has 0 amide bonds. The molecule has 0 spiro atoms. The van der Waals surface area contributed by atoms with Crippen LogP contribution in [0.1, 0.15) is 5.56 Å². The molecule has 0 saturated heterocycles. The standard InChI is InChI=1S/C118H72N18/c119-73-74-32-31-53-85(66-74)86-54-60-92(103(72-86)136-101-64-58-90(117-131-110(81-45-23-7-24-46-81)123-111(132-117)82-47-25-8-26-48-82)70-96(101)97-71-91(59-65-102(97)136)118-133-112(83-49-27-9-28-50-83)124-113(134-118)84-51-29-10-30-52-84)93-67-87(114-125-104(75-33-11-1-12-34-75)120-105(126-114)76-35-13-2-14-36-76)55-61-98(93)135-99-62-56-88(115-127-106(77-37-15-3-16-38-77)121-107(128-115)78-39-17-4-18-40-78)68-94(99)95-69-89(57-63-100(95)135)116-129-108(79-41-19-5-20-42-79)122-109(130-116)80-43-21-6-22-44-80/h1-72H. The van der Waals surface area contributed by atoms with Gasteiger partial charge in [-0.1, -0.05) is 328 Å². The Bertz CT molecular complexity index is 8100. The minimum absolute atomic E-state index is 0.443. The normalized spacial score (nSPS) is 11.4. The first-order valence-electron chi connectivity index (χ1n) is 44.6. The molecule has 136 heavy (non-hydrogen) atoms. The molecule has 0 aliphatic rings. The summed E-state index contributed by atoms with van der Waals surface area (Å²) in [5.41, 5.74) is 20.8. The van der Waals surface area contributed by atoms with Crippen LogP contribution in [0.25, 0.3) is 248 Å². The quantitative estimate of drug-likeness (QED) is 0.0733. The number of nitriles is 1. The van der Waals surface area contributed by atoms with Gasteiger partial charge in [0.1, 0.15) is 0 Å². The molecular weight excluding hydrogens is 1670 g/mol. The molecular formula is C118H72N18. The summed E-state index contributed by atoms with van der Waals surface area (Å²) in [4.78, 5) is 79.5. The summed E-state index contributed by atoms with van der Waals surface area (Å²) in [6.07, 6.45) is 0. The fraction of sp³-hybridized carbons (Fsp3) is 0. The maximum Gasteiger partial charge on any atom is 0.164 e. The van der Waals surface area contributed by atoms with E-state index < -0.39 is 0 Å². The van der Waals surface area contributed by atoms with Crippen LogP contribution < -0.4 is 0 Å². The average molecular weight is 1740 g/mol. The Labute approximate surface area is 780 Å². The summed E-state index contributed by atoms with van der Waals surface area (Å²) < 4.78 is 4.71. The van der Waals surface area contributed by atoms with Gasteiger partial charge in [-0.3, -0.25) is 0 Å². The predicted molar refractivity (Wildman–Crippen MR) is 539 cm³/mol. The third-order valence-corrected chi connectivity index (χ3v) is 24.4. The molecule has 17 aromatic carbocycles. The van der Waals surface area contributed by atoms with Crippen molar-refractivity contribution in [1.29, 1.82) is 5.26 Å². The largest absolute Gasteiger partial charge is 0.309 e. The predicted octanol–water partition coefficient (Wildman–Crippen LogP) is 27.0. The van der Waals surface area contributed by atoms with Gasteiger partial charge in [0, 0.05) is 116 Å². The Hall–Kier alpha value is -19.1. The molecule has 0 fully saturated rings. The second-order valence-electron chi connectivity index (χ2n) is 32.9. The van der Waals surface area contributed by atoms with E-state index in [2.05, 4.69) is 130 Å². The number of hydrogen-bond donors (Lipinski definition) is 0. The van der Waals surface area contributed by atoms with Crippen molar-refractivity contribution in [2.75, 3.05) is 0 Å². The molecule has 24 aromatic rings. The Kier molecular flexibility index (Phi) is 20.5. The second kappa shape index (κ2) is 34.7. The second-order valence-corrected chi connectivity index (χ2v) is 32.9. The van der Waals surface area contributed by atoms with Gasteiger partial charge >= 0.3 is 0 Å². The summed E-state index contributed by atoms with van der Waals surface area (Å²) in [6, 6.07) is 150. The lowest BCUT2D eigenvalue weighted by atomic mass is 9.94. The van der Waals surface area contributed by atoms with Crippen molar-refractivity contribution >= 4 is 43.6 Å². The molecule has 7 heterocycles. The molecule has 18 nitrogen and oxygen atoms in total. The number of hydrogen-bond acceptors (Lipinski definition) is 16. The van der Waals surface area contributed by atoms with Crippen molar-refractivity contribution in [3.63, 3.8) is 0 Å². The SMILES string of the molecule is N#Cc1cccc(-c2ccc(-c3cc(-c4nc(-c5ccccc5)nc(-c5ccccc5)n4)ccc3-n3c4ccc(-c5nc(-c6ccccc6)nc(-c6ccccc6)n5)cc4c4cc(-c5nc(-c6ccccc6)nc(-c6ccccc6)n5)ccc43)c(-n3c4ccc(-c5nc(-c6ccccc6)nc(-c6ccccc6)n5)cc4c4cc(-c5nc(-c6ccccc6)nc(-c6ccccc6)n5)ccc43)c2)c1. The van der Waals surface area contributed by atoms with E-state index in [-0.39, 0.29) is 0 Å². The van der Waals surface area contributed by atoms with Gasteiger partial charge in [0.25, 0.3) is 0 Å². The third-order valence-electron chi connectivity index (χ3n) is 24.4. The smallest absolute Gasteiger partial charge is 0.164 e. The van der Waals surface area contributed by atoms with Crippen molar-refractivity contribution in [1.82, 2.24) is 83.9 Å². The Morgan fingerprint density at radius 3 is 0.588 bits per heavy atom. The zero-order chi connectivity index (χ0) is 90.4. The highest BCUT2D eigenvalue weighted by molar-refractivity contribution is 6.14. The molecule has 0 aliphatic carbocycles. The highest BCUT2D eigenvalue weighted by atomic mass is 15.1. The first-order chi connectivity index (χ1) is 67.3. The van der Waals surface area contributed by atoms with Crippen molar-refractivity contribution < 1.29 is 0 Å². The zero-order valence-electron chi connectivity index (χ0n) is 72.6. The molecule has 0 bridgehead atoms. The van der Waals surface area contributed by atoms with Gasteiger partial charge in [0.15, 0.2) is 87.4 Å². The van der Waals surface area contributed by atoms with Crippen LogP contribution in [0.4, 0.5) is 0 Å². The summed E-state index contributed by atoms with van der Waals surface area (Å²) in [5.74, 6) is 7.58. The number of rotatable bonds is 19. The Morgan fingerprint density at radius 2 is 0.346 bits per heavy atom. The van der Waals surface area contributed by atoms with E-state index >= 15 is 0 Å². The van der Waals surface area contributed by atoms with Crippen LogP contribution >= 0.6 is 0 Å². The maximum atomic E-state index is 10.8. The van der Waals surface area contributed by atoms with Gasteiger partial charge < -0.3 is 9.13 Å². The summed E-state index contributed by atoms with van der Waals surface area (Å²) >= 11 is 0. The molecule has 634 valence electrons. The molecule has 0 unspecified atom stereocenters. The molecule has 7 aromatic heterocycles. The minimum Gasteiger partial charge on any atom is -0.309 e. The minimum atomic E-state index is 0.443. The van der Waals surface area contributed by atoms with Crippen LogP contribution in [0.5, 0.6) is 0 Å². The highest BCUT2D eigenvalue weighted by Gasteiger charge is 2.28. The molecule has 0 saturated carbocycles. The molecule has 24 rings (SSSR count). The van der Waals surface area contributed by atoms with E-state index in [1.165, 1.54) is 0 Å². The van der Waals surface area contributed by atoms with Gasteiger partial charge in [-0.25, -0.2) is 74.8 Å². The fourth-order valence-corrected chi connectivity index (χ4v) is 17.8. The van der Waals surface area contributed by atoms with Crippen LogP contribution in [-0.2, 0) is 0 Å². The lowest BCUT2D eigenvalue weighted by Crippen LogP contribution is -2.04. The molecule has 18 heteroatoms. The maximum absolute atomic E-state index is 10.8.